The molecule has 2 fully saturated rings. The Labute approximate surface area is 158 Å². The highest BCUT2D eigenvalue weighted by Gasteiger charge is 2.38. The molecule has 2 saturated heterocycles. The van der Waals surface area contributed by atoms with Crippen LogP contribution in [0.4, 0.5) is 27.8 Å². The fourth-order valence-corrected chi connectivity index (χ4v) is 3.41. The monoisotopic (exact) mass is 411 g/mol. The molecule has 0 radical (unpaired) electrons. The summed E-state index contributed by atoms with van der Waals surface area (Å²) in [6.45, 7) is 1.49. The number of carboxylic acids is 1. The maximum atomic E-state index is 12.1. The SMILES string of the molecule is FC(F)Oc1ccc(N2CCC(C3CCNC3)CC2)nc1.O=C(O)C(F)(F)F. The number of hydrogen-bond acceptors (Lipinski definition) is 5. The van der Waals surface area contributed by atoms with Crippen molar-refractivity contribution in [2.45, 2.75) is 32.1 Å². The van der Waals surface area contributed by atoms with Crippen LogP contribution >= 0.6 is 0 Å². The maximum Gasteiger partial charge on any atom is 0.490 e. The molecule has 1 aromatic rings. The molecule has 3 heterocycles. The van der Waals surface area contributed by atoms with Crippen LogP contribution in [0.15, 0.2) is 18.3 Å². The number of piperidine rings is 1. The van der Waals surface area contributed by atoms with Gasteiger partial charge in [0.25, 0.3) is 0 Å². The second-order valence-corrected chi connectivity index (χ2v) is 6.61. The van der Waals surface area contributed by atoms with Crippen molar-refractivity contribution in [2.75, 3.05) is 31.1 Å². The molecule has 3 rings (SSSR count). The van der Waals surface area contributed by atoms with Gasteiger partial charge in [0.15, 0.2) is 0 Å². The first kappa shape index (κ1) is 22.1. The first-order valence-corrected chi connectivity index (χ1v) is 8.83. The Morgan fingerprint density at radius 1 is 1.21 bits per heavy atom. The van der Waals surface area contributed by atoms with Crippen LogP contribution < -0.4 is 15.0 Å². The molecule has 0 amide bonds. The second-order valence-electron chi connectivity index (χ2n) is 6.61. The number of aromatic nitrogens is 1. The minimum Gasteiger partial charge on any atom is -0.475 e. The van der Waals surface area contributed by atoms with Gasteiger partial charge in [0.1, 0.15) is 11.6 Å². The van der Waals surface area contributed by atoms with Crippen molar-refractivity contribution < 1.29 is 36.6 Å². The molecule has 0 spiro atoms. The molecule has 1 aromatic heterocycles. The van der Waals surface area contributed by atoms with Gasteiger partial charge in [-0.1, -0.05) is 0 Å². The van der Waals surface area contributed by atoms with Crippen molar-refractivity contribution in [1.29, 1.82) is 0 Å². The summed E-state index contributed by atoms with van der Waals surface area (Å²) in [6, 6.07) is 3.32. The quantitative estimate of drug-likeness (QED) is 0.742. The van der Waals surface area contributed by atoms with E-state index < -0.39 is 18.8 Å². The Kier molecular flexibility index (Phi) is 7.78. The topological polar surface area (TPSA) is 74.7 Å². The molecule has 158 valence electrons. The van der Waals surface area contributed by atoms with Crippen molar-refractivity contribution in [3.05, 3.63) is 18.3 Å². The van der Waals surface area contributed by atoms with Gasteiger partial charge in [0.05, 0.1) is 6.20 Å². The van der Waals surface area contributed by atoms with E-state index >= 15 is 0 Å². The fourth-order valence-electron chi connectivity index (χ4n) is 3.41. The Bertz CT molecular complexity index is 613. The summed E-state index contributed by atoms with van der Waals surface area (Å²) in [6.07, 6.45) is -0.0519. The molecular formula is C17H22F5N3O3. The number of nitrogens with one attached hydrogen (secondary N) is 1. The smallest absolute Gasteiger partial charge is 0.475 e. The lowest BCUT2D eigenvalue weighted by Gasteiger charge is -2.35. The van der Waals surface area contributed by atoms with Gasteiger partial charge in [-0.3, -0.25) is 0 Å². The van der Waals surface area contributed by atoms with Crippen molar-refractivity contribution in [3.8, 4) is 5.75 Å². The van der Waals surface area contributed by atoms with Gasteiger partial charge in [0.2, 0.25) is 0 Å². The summed E-state index contributed by atoms with van der Waals surface area (Å²) in [5.41, 5.74) is 0. The number of anilines is 1. The second kappa shape index (κ2) is 9.85. The maximum absolute atomic E-state index is 12.1. The zero-order chi connectivity index (χ0) is 20.7. The Morgan fingerprint density at radius 2 is 1.86 bits per heavy atom. The summed E-state index contributed by atoms with van der Waals surface area (Å²) >= 11 is 0. The van der Waals surface area contributed by atoms with Gasteiger partial charge in [-0.25, -0.2) is 9.78 Å². The van der Waals surface area contributed by atoms with E-state index in [1.54, 1.807) is 12.1 Å². The lowest BCUT2D eigenvalue weighted by molar-refractivity contribution is -0.192. The number of carbonyl (C=O) groups is 1. The van der Waals surface area contributed by atoms with Gasteiger partial charge >= 0.3 is 18.8 Å². The van der Waals surface area contributed by atoms with Crippen molar-refractivity contribution >= 4 is 11.8 Å². The lowest BCUT2D eigenvalue weighted by Crippen LogP contribution is -2.37. The summed E-state index contributed by atoms with van der Waals surface area (Å²) in [4.78, 5) is 15.4. The van der Waals surface area contributed by atoms with Crippen LogP contribution in [0.25, 0.3) is 0 Å². The molecule has 2 aliphatic heterocycles. The minimum atomic E-state index is -5.08. The summed E-state index contributed by atoms with van der Waals surface area (Å²) in [7, 11) is 0. The van der Waals surface area contributed by atoms with E-state index in [1.165, 1.54) is 25.5 Å². The number of ether oxygens (including phenoxy) is 1. The molecule has 0 bridgehead atoms. The summed E-state index contributed by atoms with van der Waals surface area (Å²) in [5.74, 6) is -0.174. The Morgan fingerprint density at radius 3 is 2.29 bits per heavy atom. The lowest BCUT2D eigenvalue weighted by atomic mass is 9.84. The Hall–Kier alpha value is -2.17. The van der Waals surface area contributed by atoms with Crippen molar-refractivity contribution in [1.82, 2.24) is 10.3 Å². The average molecular weight is 411 g/mol. The number of aliphatic carboxylic acids is 1. The number of hydrogen-bond donors (Lipinski definition) is 2. The molecule has 0 aliphatic carbocycles. The molecule has 0 aromatic carbocycles. The highest BCUT2D eigenvalue weighted by Crippen LogP contribution is 2.30. The largest absolute Gasteiger partial charge is 0.490 e. The third-order valence-corrected chi connectivity index (χ3v) is 4.82. The average Bonchev–Trinajstić information content (AvgIpc) is 3.16. The third-order valence-electron chi connectivity index (χ3n) is 4.82. The molecule has 1 unspecified atom stereocenters. The van der Waals surface area contributed by atoms with Gasteiger partial charge in [-0.2, -0.15) is 22.0 Å². The predicted octanol–water partition coefficient (Wildman–Crippen LogP) is 3.14. The number of carboxylic acid groups (broad SMARTS) is 1. The van der Waals surface area contributed by atoms with Crippen LogP contribution in [0.3, 0.4) is 0 Å². The number of rotatable bonds is 4. The van der Waals surface area contributed by atoms with Crippen LogP contribution in [-0.2, 0) is 4.79 Å². The van der Waals surface area contributed by atoms with Crippen molar-refractivity contribution in [2.24, 2.45) is 11.8 Å². The first-order chi connectivity index (χ1) is 13.2. The number of alkyl halides is 5. The molecule has 6 nitrogen and oxygen atoms in total. The Balaban J connectivity index is 0.000000345. The van der Waals surface area contributed by atoms with E-state index in [4.69, 9.17) is 9.90 Å². The van der Waals surface area contributed by atoms with Crippen LogP contribution in [0.1, 0.15) is 19.3 Å². The fraction of sp³-hybridized carbons (Fsp3) is 0.647. The summed E-state index contributed by atoms with van der Waals surface area (Å²) < 4.78 is 60.3. The molecule has 11 heteroatoms. The van der Waals surface area contributed by atoms with Crippen molar-refractivity contribution in [3.63, 3.8) is 0 Å². The zero-order valence-corrected chi connectivity index (χ0v) is 15.0. The van der Waals surface area contributed by atoms with E-state index in [0.29, 0.717) is 0 Å². The summed E-state index contributed by atoms with van der Waals surface area (Å²) in [5, 5.41) is 10.6. The minimum absolute atomic E-state index is 0.112. The van der Waals surface area contributed by atoms with Crippen LogP contribution in [-0.4, -0.2) is 55.0 Å². The number of pyridine rings is 1. The van der Waals surface area contributed by atoms with Crippen LogP contribution in [0.2, 0.25) is 0 Å². The van der Waals surface area contributed by atoms with E-state index in [0.717, 1.165) is 43.8 Å². The van der Waals surface area contributed by atoms with E-state index in [9.17, 15) is 22.0 Å². The normalized spacial score (nSPS) is 20.6. The number of halogens is 5. The molecule has 0 saturated carbocycles. The van der Waals surface area contributed by atoms with Gasteiger partial charge in [-0.05, 0) is 56.3 Å². The van der Waals surface area contributed by atoms with E-state index in [-0.39, 0.29) is 5.75 Å². The molecule has 28 heavy (non-hydrogen) atoms. The van der Waals surface area contributed by atoms with E-state index in [1.807, 2.05) is 0 Å². The zero-order valence-electron chi connectivity index (χ0n) is 15.0. The van der Waals surface area contributed by atoms with Gasteiger partial charge < -0.3 is 20.1 Å². The van der Waals surface area contributed by atoms with Crippen LogP contribution in [0.5, 0.6) is 5.75 Å². The predicted molar refractivity (Wildman–Crippen MR) is 90.5 cm³/mol. The standard InChI is InChI=1S/C15H21F2N3O.C2HF3O2/c16-15(17)21-13-1-2-14(19-10-13)20-7-4-11(5-8-20)12-3-6-18-9-12;3-2(4,5)1(6)7/h1-2,10-12,15,18H,3-9H2;(H,6,7). The molecule has 1 atom stereocenters. The van der Waals surface area contributed by atoms with Crippen LogP contribution in [0, 0.1) is 11.8 Å². The first-order valence-electron chi connectivity index (χ1n) is 8.83. The highest BCUT2D eigenvalue weighted by molar-refractivity contribution is 5.73. The highest BCUT2D eigenvalue weighted by atomic mass is 19.4. The molecular weight excluding hydrogens is 389 g/mol. The number of nitrogens with zero attached hydrogens (tertiary/aromatic N) is 2. The van der Waals surface area contributed by atoms with E-state index in [2.05, 4.69) is 19.9 Å². The molecule has 2 aliphatic rings. The van der Waals surface area contributed by atoms with Gasteiger partial charge in [0, 0.05) is 13.1 Å². The third kappa shape index (κ3) is 6.77. The van der Waals surface area contributed by atoms with Gasteiger partial charge in [-0.15, -0.1) is 0 Å². The molecule has 2 N–H and O–H groups in total.